The Morgan fingerprint density at radius 1 is 0.759 bits per heavy atom. The number of aromatic nitrogens is 1. The van der Waals surface area contributed by atoms with Crippen molar-refractivity contribution in [2.75, 3.05) is 0 Å². The van der Waals surface area contributed by atoms with Crippen LogP contribution in [0, 0.1) is 11.8 Å². The molecule has 0 saturated carbocycles. The van der Waals surface area contributed by atoms with E-state index >= 15 is 0 Å². The lowest BCUT2D eigenvalue weighted by molar-refractivity contribution is 0.304. The van der Waals surface area contributed by atoms with Crippen molar-refractivity contribution in [3.8, 4) is 0 Å². The number of hydrogen-bond acceptors (Lipinski definition) is 3. The van der Waals surface area contributed by atoms with Gasteiger partial charge in [0.05, 0.1) is 23.4 Å². The van der Waals surface area contributed by atoms with Crippen LogP contribution in [-0.4, -0.2) is 22.9 Å². The van der Waals surface area contributed by atoms with Gasteiger partial charge in [0.1, 0.15) is 0 Å². The van der Waals surface area contributed by atoms with Gasteiger partial charge < -0.3 is 10.3 Å². The highest BCUT2D eigenvalue weighted by atomic mass is 15.2. The minimum Gasteiger partial charge on any atom is -0.312 e. The van der Waals surface area contributed by atoms with Gasteiger partial charge in [0.2, 0.25) is 0 Å². The van der Waals surface area contributed by atoms with E-state index < -0.39 is 0 Å². The molecule has 6 atom stereocenters. The standard InChI is InChI=1S/C50H48N4/c51-49(35-17-5-2-6-18-35)53-50(37-20-13-19-36(32-37)33-14-3-1-4-15-33)52-38-27-29-39(30-28-38)54-45-25-12-11-24-44(45)47-46-40-21-8-7-16-34(40)26-31-42(46)41-22-9-10-23-43(41)48(47)54/h1-5,7-8,10-17,19-21,23-27,29-31,34,37-38,40,49-50,52-53H,6,9,18,22,28,32,51H2. The molecule has 6 aliphatic carbocycles. The van der Waals surface area contributed by atoms with E-state index in [4.69, 9.17) is 5.73 Å². The average molecular weight is 705 g/mol. The summed E-state index contributed by atoms with van der Waals surface area (Å²) in [6, 6.07) is 20.0. The number of allylic oxidation sites excluding steroid dienone is 14. The zero-order chi connectivity index (χ0) is 36.0. The molecule has 4 nitrogen and oxygen atoms in total. The fraction of sp³-hybridized carbons (Fsp3) is 0.240. The third kappa shape index (κ3) is 5.90. The Kier molecular flexibility index (Phi) is 8.75. The maximum atomic E-state index is 6.90. The highest BCUT2D eigenvalue weighted by Gasteiger charge is 2.33. The molecule has 0 fully saturated rings. The molecular weight excluding hydrogens is 657 g/mol. The van der Waals surface area contributed by atoms with Gasteiger partial charge in [-0.1, -0.05) is 146 Å². The minimum absolute atomic E-state index is 0.00409. The van der Waals surface area contributed by atoms with Crippen LogP contribution < -0.4 is 16.4 Å². The second kappa shape index (κ2) is 14.2. The van der Waals surface area contributed by atoms with Crippen molar-refractivity contribution in [1.29, 1.82) is 0 Å². The molecule has 4 aromatic rings. The van der Waals surface area contributed by atoms with Gasteiger partial charge in [-0.05, 0) is 84.1 Å². The quantitative estimate of drug-likeness (QED) is 0.160. The molecular formula is C50H48N4. The molecule has 6 aliphatic rings. The number of nitrogens with zero attached hydrogens (tertiary/aromatic N) is 1. The van der Waals surface area contributed by atoms with Gasteiger partial charge in [-0.25, -0.2) is 0 Å². The predicted octanol–water partition coefficient (Wildman–Crippen LogP) is 10.5. The highest BCUT2D eigenvalue weighted by molar-refractivity contribution is 6.16. The van der Waals surface area contributed by atoms with Gasteiger partial charge in [-0.2, -0.15) is 0 Å². The molecule has 0 radical (unpaired) electrons. The van der Waals surface area contributed by atoms with Gasteiger partial charge in [0.25, 0.3) is 0 Å². The third-order valence-electron chi connectivity index (χ3n) is 12.4. The lowest BCUT2D eigenvalue weighted by Gasteiger charge is -2.35. The molecule has 4 heteroatoms. The van der Waals surface area contributed by atoms with Crippen molar-refractivity contribution in [2.45, 2.75) is 62.8 Å². The molecule has 10 rings (SSSR count). The van der Waals surface area contributed by atoms with Gasteiger partial charge in [-0.3, -0.25) is 10.6 Å². The normalized spacial score (nSPS) is 24.9. The number of rotatable bonds is 8. The number of nitrogens with two attached hydrogens (primary N) is 1. The summed E-state index contributed by atoms with van der Waals surface area (Å²) in [6.45, 7) is 0. The first-order valence-corrected chi connectivity index (χ1v) is 20.0. The van der Waals surface area contributed by atoms with Crippen LogP contribution in [0.2, 0.25) is 0 Å². The Labute approximate surface area is 318 Å². The van der Waals surface area contributed by atoms with Crippen LogP contribution in [0.1, 0.15) is 65.8 Å². The third-order valence-corrected chi connectivity index (χ3v) is 12.4. The molecule has 0 spiro atoms. The number of hydrogen-bond donors (Lipinski definition) is 3. The molecule has 54 heavy (non-hydrogen) atoms. The van der Waals surface area contributed by atoms with E-state index in [2.05, 4.69) is 173 Å². The van der Waals surface area contributed by atoms with Crippen LogP contribution in [0.4, 0.5) is 0 Å². The Hall–Kier alpha value is -5.26. The van der Waals surface area contributed by atoms with Crippen LogP contribution in [0.15, 0.2) is 151 Å². The fourth-order valence-electron chi connectivity index (χ4n) is 9.74. The molecule has 0 aliphatic heterocycles. The topological polar surface area (TPSA) is 55.0 Å². The van der Waals surface area contributed by atoms with Gasteiger partial charge in [0, 0.05) is 45.8 Å². The van der Waals surface area contributed by atoms with Crippen molar-refractivity contribution < 1.29 is 0 Å². The van der Waals surface area contributed by atoms with Gasteiger partial charge >= 0.3 is 0 Å². The minimum atomic E-state index is -0.211. The summed E-state index contributed by atoms with van der Waals surface area (Å²) in [4.78, 5) is 0. The average Bonchev–Trinajstić information content (AvgIpc) is 3.59. The largest absolute Gasteiger partial charge is 0.312 e. The lowest BCUT2D eigenvalue weighted by Crippen LogP contribution is -2.57. The zero-order valence-corrected chi connectivity index (χ0v) is 30.7. The van der Waals surface area contributed by atoms with E-state index in [0.717, 1.165) is 38.5 Å². The number of para-hydroxylation sites is 1. The SMILES string of the molecule is NC(NC(NC1C=CC(n2c3ccccc3c3c4c(c5c(c32)C=CCC5)C=CC2C=CC=CC42)=CC1)C1C=CC=C(c2ccccc2)C1)C1=CC=CCC1. The number of benzene rings is 3. The van der Waals surface area contributed by atoms with Crippen molar-refractivity contribution in [3.63, 3.8) is 0 Å². The van der Waals surface area contributed by atoms with Crippen molar-refractivity contribution in [2.24, 2.45) is 17.6 Å². The monoisotopic (exact) mass is 704 g/mol. The molecule has 3 aromatic carbocycles. The molecule has 4 N–H and O–H groups in total. The molecule has 0 amide bonds. The van der Waals surface area contributed by atoms with E-state index in [-0.39, 0.29) is 24.3 Å². The van der Waals surface area contributed by atoms with Crippen LogP contribution in [0.5, 0.6) is 0 Å². The van der Waals surface area contributed by atoms with Gasteiger partial charge in [-0.15, -0.1) is 0 Å². The Bertz CT molecular complexity index is 2440. The van der Waals surface area contributed by atoms with E-state index in [1.165, 1.54) is 66.5 Å². The van der Waals surface area contributed by atoms with Crippen molar-refractivity contribution >= 4 is 45.2 Å². The predicted molar refractivity (Wildman–Crippen MR) is 228 cm³/mol. The Balaban J connectivity index is 1.00. The van der Waals surface area contributed by atoms with Crippen LogP contribution in [0.3, 0.4) is 0 Å². The first-order chi connectivity index (χ1) is 26.7. The lowest BCUT2D eigenvalue weighted by atomic mass is 9.72. The fourth-order valence-corrected chi connectivity index (χ4v) is 9.74. The molecule has 1 heterocycles. The Morgan fingerprint density at radius 2 is 1.63 bits per heavy atom. The number of fused-ring (bicyclic) bond motifs is 10. The molecule has 268 valence electrons. The number of nitrogens with one attached hydrogen (secondary N) is 2. The summed E-state index contributed by atoms with van der Waals surface area (Å²) in [5, 5.41) is 10.6. The summed E-state index contributed by atoms with van der Waals surface area (Å²) < 4.78 is 2.57. The summed E-state index contributed by atoms with van der Waals surface area (Å²) in [7, 11) is 0. The second-order valence-electron chi connectivity index (χ2n) is 15.6. The first-order valence-electron chi connectivity index (χ1n) is 20.0. The summed E-state index contributed by atoms with van der Waals surface area (Å²) in [6.07, 6.45) is 45.3. The summed E-state index contributed by atoms with van der Waals surface area (Å²) in [5.41, 5.74) is 20.5. The molecule has 6 unspecified atom stereocenters. The highest BCUT2D eigenvalue weighted by Crippen LogP contribution is 2.49. The van der Waals surface area contributed by atoms with Crippen molar-refractivity contribution in [3.05, 3.63) is 179 Å². The van der Waals surface area contributed by atoms with Crippen LogP contribution in [0.25, 0.3) is 45.2 Å². The zero-order valence-electron chi connectivity index (χ0n) is 30.7. The first kappa shape index (κ1) is 33.3. The van der Waals surface area contributed by atoms with Crippen molar-refractivity contribution in [1.82, 2.24) is 15.2 Å². The Morgan fingerprint density at radius 3 is 2.50 bits per heavy atom. The smallest absolute Gasteiger partial charge is 0.0784 e. The van der Waals surface area contributed by atoms with E-state index in [1.807, 2.05) is 0 Å². The van der Waals surface area contributed by atoms with E-state index in [0.29, 0.717) is 11.8 Å². The summed E-state index contributed by atoms with van der Waals surface area (Å²) >= 11 is 0. The van der Waals surface area contributed by atoms with E-state index in [1.54, 1.807) is 0 Å². The van der Waals surface area contributed by atoms with Crippen LogP contribution >= 0.6 is 0 Å². The van der Waals surface area contributed by atoms with Gasteiger partial charge in [0.15, 0.2) is 0 Å². The molecule has 1 aromatic heterocycles. The van der Waals surface area contributed by atoms with Crippen LogP contribution in [-0.2, 0) is 6.42 Å². The summed E-state index contributed by atoms with van der Waals surface area (Å²) in [5.74, 6) is 0.988. The van der Waals surface area contributed by atoms with E-state index in [9.17, 15) is 0 Å². The maximum absolute atomic E-state index is 6.90. The molecule has 0 bridgehead atoms. The maximum Gasteiger partial charge on any atom is 0.0784 e. The molecule has 0 saturated heterocycles. The second-order valence-corrected chi connectivity index (χ2v) is 15.6.